The van der Waals surface area contributed by atoms with Crippen molar-refractivity contribution in [3.8, 4) is 5.75 Å². The molecular formula is C10H11BrClNO4. The van der Waals surface area contributed by atoms with Crippen molar-refractivity contribution in [2.45, 2.75) is 0 Å². The zero-order valence-electron chi connectivity index (χ0n) is 8.90. The second-order valence-electron chi connectivity index (χ2n) is 3.05. The minimum atomic E-state index is -0.471. The zero-order valence-corrected chi connectivity index (χ0v) is 11.2. The first-order valence-corrected chi connectivity index (χ1v) is 6.17. The van der Waals surface area contributed by atoms with Gasteiger partial charge in [0.2, 0.25) is 0 Å². The van der Waals surface area contributed by atoms with E-state index in [1.165, 1.54) is 12.1 Å². The summed E-state index contributed by atoms with van der Waals surface area (Å²) < 4.78 is 11.0. The Labute approximate surface area is 112 Å². The summed E-state index contributed by atoms with van der Waals surface area (Å²) in [6.45, 7) is 1.18. The molecule has 0 unspecified atom stereocenters. The number of nitro benzene ring substituents is 1. The van der Waals surface area contributed by atoms with E-state index in [1.807, 2.05) is 0 Å². The second-order valence-corrected chi connectivity index (χ2v) is 4.35. The average Bonchev–Trinajstić information content (AvgIpc) is 2.28. The summed E-state index contributed by atoms with van der Waals surface area (Å²) in [6, 6.07) is 4.44. The van der Waals surface area contributed by atoms with Crippen molar-refractivity contribution < 1.29 is 14.4 Å². The van der Waals surface area contributed by atoms with E-state index in [0.29, 0.717) is 35.9 Å². The highest BCUT2D eigenvalue weighted by Gasteiger charge is 2.09. The van der Waals surface area contributed by atoms with Gasteiger partial charge in [-0.05, 0) is 6.07 Å². The summed E-state index contributed by atoms with van der Waals surface area (Å²) in [5, 5.41) is 10.6. The van der Waals surface area contributed by atoms with Gasteiger partial charge in [-0.25, -0.2) is 0 Å². The molecule has 0 N–H and O–H groups in total. The molecule has 7 heteroatoms. The molecule has 0 amide bonds. The maximum Gasteiger partial charge on any atom is 0.274 e. The van der Waals surface area contributed by atoms with Gasteiger partial charge in [0.25, 0.3) is 5.69 Å². The van der Waals surface area contributed by atoms with Crippen LogP contribution in [0.15, 0.2) is 22.7 Å². The number of nitrogens with zero attached hydrogens (tertiary/aromatic N) is 1. The third-order valence-corrected chi connectivity index (χ3v) is 2.40. The third-order valence-electron chi connectivity index (χ3n) is 1.78. The fourth-order valence-electron chi connectivity index (χ4n) is 1.11. The standard InChI is InChI=1S/C10H11BrClNO4/c11-8-5-9(13(14)15)7-10(6-8)17-4-3-16-2-1-12/h5-7H,1-4H2. The van der Waals surface area contributed by atoms with Gasteiger partial charge in [-0.1, -0.05) is 15.9 Å². The summed E-state index contributed by atoms with van der Waals surface area (Å²) in [5.41, 5.74) is -0.0175. The summed E-state index contributed by atoms with van der Waals surface area (Å²) in [6.07, 6.45) is 0. The fraction of sp³-hybridized carbons (Fsp3) is 0.400. The van der Waals surface area contributed by atoms with Gasteiger partial charge in [0.15, 0.2) is 0 Å². The lowest BCUT2D eigenvalue weighted by Gasteiger charge is -2.06. The van der Waals surface area contributed by atoms with Crippen LogP contribution in [0.25, 0.3) is 0 Å². The van der Waals surface area contributed by atoms with Gasteiger partial charge in [-0.3, -0.25) is 10.1 Å². The van der Waals surface area contributed by atoms with E-state index < -0.39 is 4.92 Å². The molecule has 0 spiro atoms. The maximum absolute atomic E-state index is 10.6. The molecule has 1 aromatic rings. The van der Waals surface area contributed by atoms with Crippen molar-refractivity contribution in [3.05, 3.63) is 32.8 Å². The van der Waals surface area contributed by atoms with Gasteiger partial charge in [-0.2, -0.15) is 0 Å². The number of alkyl halides is 1. The molecular weight excluding hydrogens is 313 g/mol. The largest absolute Gasteiger partial charge is 0.491 e. The van der Waals surface area contributed by atoms with Crippen LogP contribution in [0.2, 0.25) is 0 Å². The molecule has 0 fully saturated rings. The fourth-order valence-corrected chi connectivity index (χ4v) is 1.68. The monoisotopic (exact) mass is 323 g/mol. The molecule has 0 atom stereocenters. The van der Waals surface area contributed by atoms with Crippen LogP contribution in [0.5, 0.6) is 5.75 Å². The van der Waals surface area contributed by atoms with Gasteiger partial charge in [0.05, 0.1) is 24.2 Å². The maximum atomic E-state index is 10.6. The molecule has 0 bridgehead atoms. The Morgan fingerprint density at radius 2 is 2.06 bits per heavy atom. The Hall–Kier alpha value is -0.850. The number of benzene rings is 1. The number of ether oxygens (including phenoxy) is 2. The number of halogens is 2. The lowest BCUT2D eigenvalue weighted by atomic mass is 10.3. The molecule has 0 aliphatic carbocycles. The van der Waals surface area contributed by atoms with Gasteiger partial charge < -0.3 is 9.47 Å². The highest BCUT2D eigenvalue weighted by molar-refractivity contribution is 9.10. The van der Waals surface area contributed by atoms with E-state index in [4.69, 9.17) is 21.1 Å². The third kappa shape index (κ3) is 5.34. The molecule has 1 rings (SSSR count). The predicted octanol–water partition coefficient (Wildman–Crippen LogP) is 2.99. The van der Waals surface area contributed by atoms with E-state index >= 15 is 0 Å². The van der Waals surface area contributed by atoms with Gasteiger partial charge in [0, 0.05) is 16.4 Å². The first kappa shape index (κ1) is 14.2. The summed E-state index contributed by atoms with van der Waals surface area (Å²) >= 11 is 8.61. The van der Waals surface area contributed by atoms with Crippen molar-refractivity contribution in [1.82, 2.24) is 0 Å². The van der Waals surface area contributed by atoms with Crippen molar-refractivity contribution in [2.75, 3.05) is 25.7 Å². The smallest absolute Gasteiger partial charge is 0.274 e. The molecule has 0 aromatic heterocycles. The molecule has 0 radical (unpaired) electrons. The van der Waals surface area contributed by atoms with Crippen LogP contribution in [-0.2, 0) is 4.74 Å². The average molecular weight is 325 g/mol. The number of hydrogen-bond acceptors (Lipinski definition) is 4. The Morgan fingerprint density at radius 3 is 2.71 bits per heavy atom. The van der Waals surface area contributed by atoms with Crippen LogP contribution in [-0.4, -0.2) is 30.6 Å². The van der Waals surface area contributed by atoms with Crippen molar-refractivity contribution in [3.63, 3.8) is 0 Å². The Kier molecular flexibility index (Phi) is 6.25. The molecule has 17 heavy (non-hydrogen) atoms. The lowest BCUT2D eigenvalue weighted by molar-refractivity contribution is -0.385. The number of nitro groups is 1. The van der Waals surface area contributed by atoms with Crippen LogP contribution >= 0.6 is 27.5 Å². The molecule has 1 aromatic carbocycles. The van der Waals surface area contributed by atoms with Crippen LogP contribution in [0.3, 0.4) is 0 Å². The van der Waals surface area contributed by atoms with Crippen molar-refractivity contribution in [2.24, 2.45) is 0 Å². The molecule has 5 nitrogen and oxygen atoms in total. The van der Waals surface area contributed by atoms with E-state index in [9.17, 15) is 10.1 Å². The van der Waals surface area contributed by atoms with Gasteiger partial charge in [0.1, 0.15) is 12.4 Å². The predicted molar refractivity (Wildman–Crippen MR) is 67.8 cm³/mol. The zero-order chi connectivity index (χ0) is 12.7. The van der Waals surface area contributed by atoms with E-state index in [2.05, 4.69) is 15.9 Å². The number of non-ortho nitro benzene ring substituents is 1. The van der Waals surface area contributed by atoms with Gasteiger partial charge >= 0.3 is 0 Å². The number of rotatable bonds is 7. The molecule has 94 valence electrons. The first-order chi connectivity index (χ1) is 8.13. The van der Waals surface area contributed by atoms with Crippen LogP contribution in [0, 0.1) is 10.1 Å². The SMILES string of the molecule is O=[N+]([O-])c1cc(Br)cc(OCCOCCCl)c1. The second kappa shape index (κ2) is 7.47. The van der Waals surface area contributed by atoms with Crippen LogP contribution in [0.4, 0.5) is 5.69 Å². The first-order valence-electron chi connectivity index (χ1n) is 4.85. The Morgan fingerprint density at radius 1 is 1.29 bits per heavy atom. The summed E-state index contributed by atoms with van der Waals surface area (Å²) in [7, 11) is 0. The quantitative estimate of drug-likeness (QED) is 0.335. The van der Waals surface area contributed by atoms with E-state index in [0.717, 1.165) is 0 Å². The van der Waals surface area contributed by atoms with Gasteiger partial charge in [-0.15, -0.1) is 11.6 Å². The summed E-state index contributed by atoms with van der Waals surface area (Å²) in [4.78, 5) is 10.1. The topological polar surface area (TPSA) is 61.6 Å². The van der Waals surface area contributed by atoms with Crippen LogP contribution < -0.4 is 4.74 Å². The molecule has 0 aliphatic heterocycles. The Balaban J connectivity index is 2.50. The van der Waals surface area contributed by atoms with Crippen molar-refractivity contribution in [1.29, 1.82) is 0 Å². The van der Waals surface area contributed by atoms with E-state index in [1.54, 1.807) is 6.07 Å². The molecule has 0 saturated carbocycles. The summed E-state index contributed by atoms with van der Waals surface area (Å²) in [5.74, 6) is 0.864. The highest BCUT2D eigenvalue weighted by Crippen LogP contribution is 2.25. The lowest BCUT2D eigenvalue weighted by Crippen LogP contribution is -2.08. The van der Waals surface area contributed by atoms with Crippen LogP contribution in [0.1, 0.15) is 0 Å². The number of hydrogen-bond donors (Lipinski definition) is 0. The van der Waals surface area contributed by atoms with E-state index in [-0.39, 0.29) is 5.69 Å². The minimum absolute atomic E-state index is 0.0175. The Bertz CT molecular complexity index is 389. The van der Waals surface area contributed by atoms with Crippen molar-refractivity contribution >= 4 is 33.2 Å². The molecule has 0 heterocycles. The molecule has 0 aliphatic rings. The highest BCUT2D eigenvalue weighted by atomic mass is 79.9. The normalized spacial score (nSPS) is 10.2. The minimum Gasteiger partial charge on any atom is -0.491 e. The molecule has 0 saturated heterocycles.